The molecule has 1 aliphatic rings. The zero-order chi connectivity index (χ0) is 11.1. The van der Waals surface area contributed by atoms with Crippen molar-refractivity contribution in [2.45, 2.75) is 38.6 Å². The molecule has 1 fully saturated rings. The number of hydrogen-bond acceptors (Lipinski definition) is 2. The maximum atomic E-state index is 5.18. The van der Waals surface area contributed by atoms with E-state index in [1.807, 2.05) is 0 Å². The number of hydrogen-bond donors (Lipinski definition) is 1. The van der Waals surface area contributed by atoms with Gasteiger partial charge in [0, 0.05) is 19.1 Å². The summed E-state index contributed by atoms with van der Waals surface area (Å²) in [6, 6.07) is 0.793. The summed E-state index contributed by atoms with van der Waals surface area (Å²) in [5.41, 5.74) is 0. The number of terminal acetylenes is 1. The molecule has 0 saturated heterocycles. The molecular weight excluding hydrogens is 184 g/mol. The van der Waals surface area contributed by atoms with Crippen molar-refractivity contribution in [1.82, 2.24) is 10.2 Å². The first kappa shape index (κ1) is 12.5. The van der Waals surface area contributed by atoms with Crippen LogP contribution in [0.25, 0.3) is 0 Å². The van der Waals surface area contributed by atoms with Crippen LogP contribution in [-0.4, -0.2) is 37.6 Å². The van der Waals surface area contributed by atoms with Gasteiger partial charge in [0.25, 0.3) is 0 Å². The molecule has 0 aromatic heterocycles. The Morgan fingerprint density at radius 2 is 2.27 bits per heavy atom. The normalized spacial score (nSPS) is 26.5. The van der Waals surface area contributed by atoms with E-state index in [1.54, 1.807) is 0 Å². The molecule has 0 aliphatic heterocycles. The lowest BCUT2D eigenvalue weighted by molar-refractivity contribution is 0.165. The third-order valence-electron chi connectivity index (χ3n) is 3.40. The second kappa shape index (κ2) is 6.87. The van der Waals surface area contributed by atoms with Gasteiger partial charge in [-0.25, -0.2) is 0 Å². The van der Waals surface area contributed by atoms with E-state index in [0.717, 1.165) is 25.0 Å². The van der Waals surface area contributed by atoms with E-state index in [1.165, 1.54) is 25.7 Å². The van der Waals surface area contributed by atoms with Crippen molar-refractivity contribution < 1.29 is 0 Å². The van der Waals surface area contributed by atoms with Gasteiger partial charge in [-0.3, -0.25) is 0 Å². The van der Waals surface area contributed by atoms with Crippen molar-refractivity contribution >= 4 is 0 Å². The predicted molar refractivity (Wildman–Crippen MR) is 65.8 cm³/mol. The highest BCUT2D eigenvalue weighted by Crippen LogP contribution is 2.26. The van der Waals surface area contributed by atoms with E-state index in [9.17, 15) is 0 Å². The van der Waals surface area contributed by atoms with Gasteiger partial charge in [-0.1, -0.05) is 25.7 Å². The van der Waals surface area contributed by atoms with Gasteiger partial charge in [-0.05, 0) is 25.8 Å². The fourth-order valence-corrected chi connectivity index (χ4v) is 2.40. The highest BCUT2D eigenvalue weighted by Gasteiger charge is 2.21. The largest absolute Gasteiger partial charge is 0.305 e. The predicted octanol–water partition coefficient (Wildman–Crippen LogP) is 1.72. The van der Waals surface area contributed by atoms with E-state index < -0.39 is 0 Å². The highest BCUT2D eigenvalue weighted by molar-refractivity contribution is 4.86. The van der Waals surface area contributed by atoms with Gasteiger partial charge in [0.15, 0.2) is 0 Å². The highest BCUT2D eigenvalue weighted by atomic mass is 15.1. The maximum Gasteiger partial charge on any atom is 0.0574 e. The summed E-state index contributed by atoms with van der Waals surface area (Å²) in [7, 11) is 2.24. The van der Waals surface area contributed by atoms with E-state index in [2.05, 4.69) is 30.1 Å². The van der Waals surface area contributed by atoms with E-state index in [-0.39, 0.29) is 0 Å². The van der Waals surface area contributed by atoms with Crippen LogP contribution < -0.4 is 5.32 Å². The van der Waals surface area contributed by atoms with Gasteiger partial charge in [0.2, 0.25) is 0 Å². The van der Waals surface area contributed by atoms with Crippen molar-refractivity contribution in [3.8, 4) is 12.3 Å². The lowest BCUT2D eigenvalue weighted by Crippen LogP contribution is -2.39. The summed E-state index contributed by atoms with van der Waals surface area (Å²) in [5.74, 6) is 3.51. The van der Waals surface area contributed by atoms with Gasteiger partial charge in [-0.15, -0.1) is 6.42 Å². The molecule has 15 heavy (non-hydrogen) atoms. The first-order valence-corrected chi connectivity index (χ1v) is 6.08. The number of nitrogens with one attached hydrogen (secondary N) is 1. The van der Waals surface area contributed by atoms with Gasteiger partial charge in [0.1, 0.15) is 0 Å². The zero-order valence-corrected chi connectivity index (χ0v) is 10.1. The molecule has 0 radical (unpaired) electrons. The average molecular weight is 208 g/mol. The Hall–Kier alpha value is -0.520. The van der Waals surface area contributed by atoms with Crippen molar-refractivity contribution in [2.24, 2.45) is 5.92 Å². The first-order chi connectivity index (χ1) is 7.24. The molecule has 2 heteroatoms. The van der Waals surface area contributed by atoms with E-state index >= 15 is 0 Å². The van der Waals surface area contributed by atoms with Crippen LogP contribution in [-0.2, 0) is 0 Å². The Kier molecular flexibility index (Phi) is 5.75. The summed E-state index contributed by atoms with van der Waals surface area (Å²) in [6.07, 6.45) is 10.7. The molecule has 1 N–H and O–H groups in total. The van der Waals surface area contributed by atoms with Crippen LogP contribution >= 0.6 is 0 Å². The van der Waals surface area contributed by atoms with Crippen LogP contribution in [0.2, 0.25) is 0 Å². The van der Waals surface area contributed by atoms with Crippen LogP contribution in [0.1, 0.15) is 32.6 Å². The third kappa shape index (κ3) is 4.68. The minimum Gasteiger partial charge on any atom is -0.305 e. The quantitative estimate of drug-likeness (QED) is 0.547. The fourth-order valence-electron chi connectivity index (χ4n) is 2.40. The standard InChI is InChI=1S/C13H24N2/c1-4-8-14-9-10-15(3)13-7-5-6-12(2)11-13/h1,12-14H,5-11H2,2-3H3. The van der Waals surface area contributed by atoms with Crippen LogP contribution in [0.3, 0.4) is 0 Å². The minimum absolute atomic E-state index is 0.689. The Bertz CT molecular complexity index is 207. The third-order valence-corrected chi connectivity index (χ3v) is 3.40. The topological polar surface area (TPSA) is 15.3 Å². The molecule has 0 aromatic rings. The SMILES string of the molecule is C#CCNCCN(C)C1CCCC(C)C1. The summed E-state index contributed by atoms with van der Waals surface area (Å²) < 4.78 is 0. The molecule has 1 aliphatic carbocycles. The van der Waals surface area contributed by atoms with Crippen LogP contribution in [0, 0.1) is 18.3 Å². The summed E-state index contributed by atoms with van der Waals surface area (Å²) >= 11 is 0. The molecule has 0 bridgehead atoms. The Morgan fingerprint density at radius 1 is 1.47 bits per heavy atom. The molecule has 1 rings (SSSR count). The smallest absolute Gasteiger partial charge is 0.0574 e. The Morgan fingerprint density at radius 3 is 2.93 bits per heavy atom. The van der Waals surface area contributed by atoms with E-state index in [0.29, 0.717) is 6.54 Å². The number of nitrogens with zero attached hydrogens (tertiary/aromatic N) is 1. The van der Waals surface area contributed by atoms with Crippen LogP contribution in [0.5, 0.6) is 0 Å². The second-order valence-electron chi connectivity index (χ2n) is 4.79. The summed E-state index contributed by atoms with van der Waals surface area (Å²) in [5, 5.41) is 3.24. The number of likely N-dealkylation sites (N-methyl/N-ethyl adjacent to an activating group) is 1. The van der Waals surface area contributed by atoms with Crippen molar-refractivity contribution in [3.05, 3.63) is 0 Å². The average Bonchev–Trinajstić information content (AvgIpc) is 2.24. The molecule has 2 nitrogen and oxygen atoms in total. The first-order valence-electron chi connectivity index (χ1n) is 6.08. The molecule has 0 spiro atoms. The molecule has 1 saturated carbocycles. The molecule has 86 valence electrons. The number of rotatable bonds is 5. The molecule has 0 heterocycles. The summed E-state index contributed by atoms with van der Waals surface area (Å²) in [4.78, 5) is 2.49. The van der Waals surface area contributed by atoms with Crippen molar-refractivity contribution in [3.63, 3.8) is 0 Å². The molecule has 2 unspecified atom stereocenters. The lowest BCUT2D eigenvalue weighted by Gasteiger charge is -2.34. The Labute approximate surface area is 94.4 Å². The van der Waals surface area contributed by atoms with Gasteiger partial charge in [-0.2, -0.15) is 0 Å². The summed E-state index contributed by atoms with van der Waals surface area (Å²) in [6.45, 7) is 5.18. The molecule has 0 aromatic carbocycles. The van der Waals surface area contributed by atoms with Crippen molar-refractivity contribution in [2.75, 3.05) is 26.7 Å². The van der Waals surface area contributed by atoms with Gasteiger partial charge >= 0.3 is 0 Å². The molecule has 0 amide bonds. The van der Waals surface area contributed by atoms with Gasteiger partial charge < -0.3 is 10.2 Å². The van der Waals surface area contributed by atoms with Crippen molar-refractivity contribution in [1.29, 1.82) is 0 Å². The van der Waals surface area contributed by atoms with Gasteiger partial charge in [0.05, 0.1) is 6.54 Å². The lowest BCUT2D eigenvalue weighted by atomic mass is 9.86. The zero-order valence-electron chi connectivity index (χ0n) is 10.1. The fraction of sp³-hybridized carbons (Fsp3) is 0.846. The molecule has 2 atom stereocenters. The monoisotopic (exact) mass is 208 g/mol. The minimum atomic E-state index is 0.689. The van der Waals surface area contributed by atoms with Crippen LogP contribution in [0.15, 0.2) is 0 Å². The van der Waals surface area contributed by atoms with E-state index in [4.69, 9.17) is 6.42 Å². The second-order valence-corrected chi connectivity index (χ2v) is 4.79. The van der Waals surface area contributed by atoms with Crippen LogP contribution in [0.4, 0.5) is 0 Å². The molecular formula is C13H24N2. The maximum absolute atomic E-state index is 5.18. The Balaban J connectivity index is 2.15.